The largest absolute Gasteiger partial charge is 0.507 e. The smallest absolute Gasteiger partial charge is 0.270 e. The number of allylic oxidation sites excluding steroid dienone is 4. The lowest BCUT2D eigenvalue weighted by Gasteiger charge is -2.14. The maximum Gasteiger partial charge on any atom is 0.270 e. The van der Waals surface area contributed by atoms with Gasteiger partial charge in [0.1, 0.15) is 5.75 Å². The minimum absolute atomic E-state index is 0.256. The number of benzene rings is 1. The van der Waals surface area contributed by atoms with Crippen molar-refractivity contribution in [3.8, 4) is 5.75 Å². The van der Waals surface area contributed by atoms with Crippen LogP contribution >= 0.6 is 0 Å². The Hall–Kier alpha value is -2.43. The fraction of sp³-hybridized carbons (Fsp3) is 0.316. The summed E-state index contributed by atoms with van der Waals surface area (Å²) in [5.74, 6) is -3.28. The van der Waals surface area contributed by atoms with Gasteiger partial charge in [-0.1, -0.05) is 19.1 Å². The summed E-state index contributed by atoms with van der Waals surface area (Å²) in [6.45, 7) is 13.2. The molecule has 3 N–H and O–H groups in total. The van der Waals surface area contributed by atoms with Crippen molar-refractivity contribution in [1.29, 1.82) is 0 Å². The predicted molar refractivity (Wildman–Crippen MR) is 98.3 cm³/mol. The molecule has 0 amide bonds. The van der Waals surface area contributed by atoms with Crippen LogP contribution < -0.4 is 5.73 Å². The molecule has 0 saturated heterocycles. The molecule has 0 spiro atoms. The van der Waals surface area contributed by atoms with Crippen molar-refractivity contribution in [3.05, 3.63) is 59.3 Å². The van der Waals surface area contributed by atoms with Gasteiger partial charge in [-0.05, 0) is 50.8 Å². The molecule has 1 aromatic carbocycles. The predicted octanol–water partition coefficient (Wildman–Crippen LogP) is 5.38. The van der Waals surface area contributed by atoms with Crippen molar-refractivity contribution < 1.29 is 13.9 Å². The van der Waals surface area contributed by atoms with Crippen molar-refractivity contribution in [1.82, 2.24) is 0 Å². The van der Waals surface area contributed by atoms with E-state index in [4.69, 9.17) is 5.73 Å². The van der Waals surface area contributed by atoms with E-state index in [-0.39, 0.29) is 11.3 Å². The maximum absolute atomic E-state index is 13.2. The summed E-state index contributed by atoms with van der Waals surface area (Å²) >= 11 is 0. The highest BCUT2D eigenvalue weighted by molar-refractivity contribution is 5.76. The molecule has 0 heterocycles. The van der Waals surface area contributed by atoms with Gasteiger partial charge in [0.15, 0.2) is 0 Å². The van der Waals surface area contributed by atoms with E-state index >= 15 is 0 Å². The Morgan fingerprint density at radius 3 is 2.33 bits per heavy atom. The Bertz CT molecular complexity index is 641. The summed E-state index contributed by atoms with van der Waals surface area (Å²) in [6, 6.07) is 3.71. The van der Waals surface area contributed by atoms with Crippen LogP contribution in [0.1, 0.15) is 45.2 Å². The summed E-state index contributed by atoms with van der Waals surface area (Å²) in [5.41, 5.74) is 7.63. The Morgan fingerprint density at radius 1 is 1.42 bits per heavy atom. The van der Waals surface area contributed by atoms with Gasteiger partial charge in [-0.3, -0.25) is 4.99 Å². The number of nitrogens with zero attached hydrogens (tertiary/aromatic N) is 1. The first-order valence-electron chi connectivity index (χ1n) is 7.54. The van der Waals surface area contributed by atoms with Crippen LogP contribution in [-0.4, -0.2) is 11.8 Å². The molecular weight excluding hydrogens is 310 g/mol. The lowest BCUT2D eigenvalue weighted by molar-refractivity contribution is 0.0172. The zero-order valence-electron chi connectivity index (χ0n) is 14.7. The van der Waals surface area contributed by atoms with Gasteiger partial charge in [0.25, 0.3) is 5.92 Å². The standard InChI is InChI=1S/C16H20F2N2O.C3H6/c1-5-12(19)8-10(2)15(20-4)13-7-6-11(9-14(13)21)16(3,17)18;1-3-2/h6-9,21H,4-5,19H2,1-3H3;3H,1H2,2H3/b12-8+,15-10-;. The molecule has 0 aliphatic heterocycles. The van der Waals surface area contributed by atoms with Crippen LogP contribution in [0.25, 0.3) is 5.70 Å². The second kappa shape index (κ2) is 9.65. The van der Waals surface area contributed by atoms with Crippen LogP contribution in [0.4, 0.5) is 8.78 Å². The number of aliphatic imine (C=N–C) groups is 1. The molecule has 132 valence electrons. The molecule has 0 fully saturated rings. The van der Waals surface area contributed by atoms with E-state index in [1.54, 1.807) is 19.1 Å². The Balaban J connectivity index is 0.00000163. The van der Waals surface area contributed by atoms with Crippen molar-refractivity contribution in [3.63, 3.8) is 0 Å². The van der Waals surface area contributed by atoms with Crippen LogP contribution in [0.3, 0.4) is 0 Å². The summed E-state index contributed by atoms with van der Waals surface area (Å²) in [7, 11) is 0. The van der Waals surface area contributed by atoms with Crippen LogP contribution in [0.5, 0.6) is 5.75 Å². The molecule has 0 unspecified atom stereocenters. The number of hydrogen-bond acceptors (Lipinski definition) is 3. The average Bonchev–Trinajstić information content (AvgIpc) is 2.49. The Labute approximate surface area is 142 Å². The first-order valence-corrected chi connectivity index (χ1v) is 7.54. The quantitative estimate of drug-likeness (QED) is 0.431. The van der Waals surface area contributed by atoms with Gasteiger partial charge in [-0.2, -0.15) is 0 Å². The molecule has 0 radical (unpaired) electrons. The summed E-state index contributed by atoms with van der Waals surface area (Å²) in [4.78, 5) is 3.88. The Kier molecular flexibility index (Phi) is 8.67. The molecule has 0 atom stereocenters. The van der Waals surface area contributed by atoms with Gasteiger partial charge in [-0.25, -0.2) is 8.78 Å². The minimum atomic E-state index is -3.01. The van der Waals surface area contributed by atoms with Crippen molar-refractivity contribution in [2.45, 2.75) is 40.0 Å². The molecule has 24 heavy (non-hydrogen) atoms. The van der Waals surface area contributed by atoms with E-state index in [0.29, 0.717) is 29.0 Å². The van der Waals surface area contributed by atoms with Crippen LogP contribution in [0.2, 0.25) is 0 Å². The second-order valence-electron chi connectivity index (χ2n) is 5.29. The van der Waals surface area contributed by atoms with Gasteiger partial charge in [0, 0.05) is 23.7 Å². The van der Waals surface area contributed by atoms with E-state index in [1.807, 2.05) is 13.8 Å². The molecule has 1 rings (SSSR count). The lowest BCUT2D eigenvalue weighted by atomic mass is 10.0. The van der Waals surface area contributed by atoms with Crippen molar-refractivity contribution in [2.24, 2.45) is 10.7 Å². The van der Waals surface area contributed by atoms with E-state index in [9.17, 15) is 13.9 Å². The number of halogens is 2. The average molecular weight is 336 g/mol. The molecule has 0 aliphatic rings. The van der Waals surface area contributed by atoms with Crippen molar-refractivity contribution in [2.75, 3.05) is 0 Å². The fourth-order valence-electron chi connectivity index (χ4n) is 1.88. The lowest BCUT2D eigenvalue weighted by Crippen LogP contribution is -2.06. The number of hydrogen-bond donors (Lipinski definition) is 2. The van der Waals surface area contributed by atoms with Crippen LogP contribution in [-0.2, 0) is 5.92 Å². The third-order valence-electron chi connectivity index (χ3n) is 3.10. The monoisotopic (exact) mass is 336 g/mol. The number of alkyl halides is 2. The number of nitrogens with two attached hydrogens (primary N) is 1. The van der Waals surface area contributed by atoms with Gasteiger partial charge in [-0.15, -0.1) is 6.58 Å². The SMILES string of the molecule is C=CC.C=N/C(=C(C)\C=C(\N)CC)c1ccc(C(C)(F)F)cc1O. The van der Waals surface area contributed by atoms with Crippen molar-refractivity contribution >= 4 is 12.4 Å². The second-order valence-corrected chi connectivity index (χ2v) is 5.29. The first-order chi connectivity index (χ1) is 11.1. The van der Waals surface area contributed by atoms with Crippen LogP contribution in [0, 0.1) is 0 Å². The van der Waals surface area contributed by atoms with E-state index in [2.05, 4.69) is 18.3 Å². The number of rotatable bonds is 5. The summed E-state index contributed by atoms with van der Waals surface area (Å²) < 4.78 is 26.5. The highest BCUT2D eigenvalue weighted by Crippen LogP contribution is 2.35. The van der Waals surface area contributed by atoms with Crippen LogP contribution in [0.15, 0.2) is 53.2 Å². The summed E-state index contributed by atoms with van der Waals surface area (Å²) in [5, 5.41) is 9.99. The third kappa shape index (κ3) is 6.36. The Morgan fingerprint density at radius 2 is 1.96 bits per heavy atom. The molecule has 0 saturated carbocycles. The molecule has 1 aromatic rings. The molecule has 0 bridgehead atoms. The molecule has 0 aromatic heterocycles. The topological polar surface area (TPSA) is 58.6 Å². The van der Waals surface area contributed by atoms with E-state index < -0.39 is 5.92 Å². The minimum Gasteiger partial charge on any atom is -0.507 e. The highest BCUT2D eigenvalue weighted by Gasteiger charge is 2.25. The van der Waals surface area contributed by atoms with Gasteiger partial charge < -0.3 is 10.8 Å². The molecule has 3 nitrogen and oxygen atoms in total. The molecular formula is C19H26F2N2O. The molecule has 5 heteroatoms. The number of aromatic hydroxyl groups is 1. The number of phenols is 1. The van der Waals surface area contributed by atoms with Gasteiger partial charge >= 0.3 is 0 Å². The maximum atomic E-state index is 13.2. The van der Waals surface area contributed by atoms with Gasteiger partial charge in [0.05, 0.1) is 5.70 Å². The molecule has 0 aliphatic carbocycles. The fourth-order valence-corrected chi connectivity index (χ4v) is 1.88. The zero-order valence-corrected chi connectivity index (χ0v) is 14.7. The third-order valence-corrected chi connectivity index (χ3v) is 3.10. The summed E-state index contributed by atoms with van der Waals surface area (Å²) in [6.07, 6.45) is 4.15. The first kappa shape index (κ1) is 21.6. The highest BCUT2D eigenvalue weighted by atomic mass is 19.3. The zero-order chi connectivity index (χ0) is 18.9. The van der Waals surface area contributed by atoms with E-state index in [1.165, 1.54) is 12.1 Å². The normalized spacial score (nSPS) is 12.7. The van der Waals surface area contributed by atoms with Gasteiger partial charge in [0.2, 0.25) is 0 Å². The van der Waals surface area contributed by atoms with E-state index in [0.717, 1.165) is 13.0 Å². The number of phenolic OH excluding ortho intramolecular Hbond substituents is 1.